The van der Waals surface area contributed by atoms with Crippen molar-refractivity contribution >= 4 is 35.8 Å². The lowest BCUT2D eigenvalue weighted by atomic mass is 9.94. The Balaban J connectivity index is 5.45. The molecule has 0 radical (unpaired) electrons. The molecule has 0 aromatic heterocycles. The van der Waals surface area contributed by atoms with Crippen molar-refractivity contribution in [2.45, 2.75) is 34.1 Å². The Morgan fingerprint density at radius 3 is 1.06 bits per heavy atom. The Hall–Kier alpha value is -3.18. The minimum absolute atomic E-state index is 0.0505. The van der Waals surface area contributed by atoms with Crippen LogP contribution in [-0.2, 0) is 57.2 Å². The van der Waals surface area contributed by atoms with E-state index in [1.54, 1.807) is 13.8 Å². The van der Waals surface area contributed by atoms with Gasteiger partial charge in [-0.25, -0.2) is 9.59 Å². The molecule has 31 heavy (non-hydrogen) atoms. The zero-order valence-electron chi connectivity index (χ0n) is 18.0. The third-order valence-electron chi connectivity index (χ3n) is 3.46. The third kappa shape index (κ3) is 11.0. The Bertz CT molecular complexity index is 588. The van der Waals surface area contributed by atoms with Crippen molar-refractivity contribution in [3.8, 4) is 0 Å². The van der Waals surface area contributed by atoms with E-state index in [9.17, 15) is 28.8 Å². The molecule has 12 nitrogen and oxygen atoms in total. The molecule has 0 rings (SSSR count). The zero-order chi connectivity index (χ0) is 23.8. The maximum atomic E-state index is 12.3. The summed E-state index contributed by atoms with van der Waals surface area (Å²) in [5.41, 5.74) is 0. The van der Waals surface area contributed by atoms with Gasteiger partial charge in [0.2, 0.25) is 0 Å². The number of carbonyl (C=O) groups excluding carboxylic acids is 6. The van der Waals surface area contributed by atoms with E-state index in [0.717, 1.165) is 0 Å². The monoisotopic (exact) mass is 448 g/mol. The van der Waals surface area contributed by atoms with E-state index in [1.807, 2.05) is 0 Å². The zero-order valence-corrected chi connectivity index (χ0v) is 18.0. The van der Waals surface area contributed by atoms with Gasteiger partial charge in [0.05, 0.1) is 26.4 Å². The van der Waals surface area contributed by atoms with E-state index >= 15 is 0 Å². The van der Waals surface area contributed by atoms with E-state index in [-0.39, 0.29) is 26.4 Å². The van der Waals surface area contributed by atoms with Gasteiger partial charge in [0, 0.05) is 0 Å². The van der Waals surface area contributed by atoms with Gasteiger partial charge in [-0.05, 0) is 34.1 Å². The van der Waals surface area contributed by atoms with E-state index in [2.05, 4.69) is 9.47 Å². The van der Waals surface area contributed by atoms with Crippen molar-refractivity contribution in [1.82, 2.24) is 0 Å². The predicted molar refractivity (Wildman–Crippen MR) is 100 cm³/mol. The van der Waals surface area contributed by atoms with Crippen molar-refractivity contribution in [2.75, 3.05) is 39.6 Å². The average Bonchev–Trinajstić information content (AvgIpc) is 2.71. The van der Waals surface area contributed by atoms with Gasteiger partial charge in [-0.2, -0.15) is 0 Å². The fourth-order valence-corrected chi connectivity index (χ4v) is 2.17. The van der Waals surface area contributed by atoms with Crippen LogP contribution in [0, 0.1) is 11.8 Å². The molecule has 0 N–H and O–H groups in total. The van der Waals surface area contributed by atoms with E-state index in [4.69, 9.17) is 18.9 Å². The Labute approximate surface area is 179 Å². The summed E-state index contributed by atoms with van der Waals surface area (Å²) in [6.45, 7) is 4.41. The highest BCUT2D eigenvalue weighted by Crippen LogP contribution is 2.20. The molecule has 0 spiro atoms. The fourth-order valence-electron chi connectivity index (χ4n) is 2.17. The number of hydrogen-bond acceptors (Lipinski definition) is 12. The molecular weight excluding hydrogens is 420 g/mol. The van der Waals surface area contributed by atoms with Crippen LogP contribution in [0.25, 0.3) is 0 Å². The van der Waals surface area contributed by atoms with Crippen LogP contribution in [0.2, 0.25) is 0 Å². The van der Waals surface area contributed by atoms with Crippen LogP contribution >= 0.6 is 0 Å². The molecule has 12 heteroatoms. The summed E-state index contributed by atoms with van der Waals surface area (Å²) in [6.07, 6.45) is -0.721. The Morgan fingerprint density at radius 1 is 0.484 bits per heavy atom. The smallest absolute Gasteiger partial charge is 0.344 e. The van der Waals surface area contributed by atoms with Crippen LogP contribution in [0.15, 0.2) is 0 Å². The average molecular weight is 448 g/mol. The highest BCUT2D eigenvalue weighted by atomic mass is 16.6. The number of rotatable bonds is 14. The van der Waals surface area contributed by atoms with E-state index < -0.39 is 67.3 Å². The van der Waals surface area contributed by atoms with Crippen molar-refractivity contribution in [2.24, 2.45) is 11.8 Å². The van der Waals surface area contributed by atoms with Crippen LogP contribution in [0.4, 0.5) is 0 Å². The lowest BCUT2D eigenvalue weighted by molar-refractivity contribution is -0.173. The Kier molecular flexibility index (Phi) is 14.0. The second-order valence-electron chi connectivity index (χ2n) is 5.67. The molecule has 0 fully saturated rings. The number of hydrogen-bond donors (Lipinski definition) is 0. The largest absolute Gasteiger partial charge is 0.465 e. The molecular formula is C19H28O12. The second kappa shape index (κ2) is 15.6. The van der Waals surface area contributed by atoms with Crippen LogP contribution in [-0.4, -0.2) is 75.5 Å². The first-order valence-corrected chi connectivity index (χ1v) is 9.69. The summed E-state index contributed by atoms with van der Waals surface area (Å²) >= 11 is 0. The molecule has 0 aliphatic carbocycles. The maximum absolute atomic E-state index is 12.3. The summed E-state index contributed by atoms with van der Waals surface area (Å²) in [5.74, 6) is -9.76. The summed E-state index contributed by atoms with van der Waals surface area (Å²) in [7, 11) is 0. The lowest BCUT2D eigenvalue weighted by Gasteiger charge is -2.19. The third-order valence-corrected chi connectivity index (χ3v) is 3.46. The van der Waals surface area contributed by atoms with Crippen LogP contribution in [0.3, 0.4) is 0 Å². The highest BCUT2D eigenvalue weighted by molar-refractivity contribution is 6.00. The van der Waals surface area contributed by atoms with Gasteiger partial charge in [-0.15, -0.1) is 0 Å². The van der Waals surface area contributed by atoms with Gasteiger partial charge in [-0.1, -0.05) is 0 Å². The van der Waals surface area contributed by atoms with Gasteiger partial charge in [0.25, 0.3) is 0 Å². The second-order valence-corrected chi connectivity index (χ2v) is 5.67. The van der Waals surface area contributed by atoms with Gasteiger partial charge in [-0.3, -0.25) is 19.2 Å². The van der Waals surface area contributed by atoms with Crippen LogP contribution in [0.1, 0.15) is 34.1 Å². The first-order chi connectivity index (χ1) is 14.7. The molecule has 2 unspecified atom stereocenters. The molecule has 0 saturated heterocycles. The summed E-state index contributed by atoms with van der Waals surface area (Å²) in [5, 5.41) is 0. The first-order valence-electron chi connectivity index (χ1n) is 9.69. The van der Waals surface area contributed by atoms with E-state index in [1.165, 1.54) is 13.8 Å². The molecule has 0 amide bonds. The molecule has 0 aromatic rings. The quantitative estimate of drug-likeness (QED) is 0.198. The molecule has 0 aliphatic rings. The summed E-state index contributed by atoms with van der Waals surface area (Å²) < 4.78 is 28.3. The fraction of sp³-hybridized carbons (Fsp3) is 0.684. The van der Waals surface area contributed by atoms with Crippen molar-refractivity contribution < 1.29 is 57.2 Å². The van der Waals surface area contributed by atoms with Gasteiger partial charge in [0.15, 0.2) is 25.0 Å². The molecule has 0 heterocycles. The van der Waals surface area contributed by atoms with Crippen molar-refractivity contribution in [3.63, 3.8) is 0 Å². The molecule has 2 atom stereocenters. The first kappa shape index (κ1) is 27.8. The molecule has 0 aromatic carbocycles. The predicted octanol–water partition coefficient (Wildman–Crippen LogP) is -0.0523. The van der Waals surface area contributed by atoms with E-state index in [0.29, 0.717) is 0 Å². The molecule has 176 valence electrons. The van der Waals surface area contributed by atoms with Crippen LogP contribution < -0.4 is 0 Å². The highest BCUT2D eigenvalue weighted by Gasteiger charge is 2.40. The summed E-state index contributed by atoms with van der Waals surface area (Å²) in [4.78, 5) is 71.9. The molecule has 0 bridgehead atoms. The number of ether oxygens (including phenoxy) is 6. The molecule has 0 aliphatic heterocycles. The lowest BCUT2D eigenvalue weighted by Crippen LogP contribution is -2.37. The van der Waals surface area contributed by atoms with Gasteiger partial charge < -0.3 is 28.4 Å². The SMILES string of the molecule is CCOC(=O)COC(=O)C(CC(C(=O)OCC)C(=O)OCC(=O)OCC)C(=O)OCC. The number of carbonyl (C=O) groups is 6. The number of esters is 6. The molecule has 0 saturated carbocycles. The maximum Gasteiger partial charge on any atom is 0.344 e. The minimum Gasteiger partial charge on any atom is -0.465 e. The van der Waals surface area contributed by atoms with Crippen LogP contribution in [0.5, 0.6) is 0 Å². The normalized spacial score (nSPS) is 12.0. The Morgan fingerprint density at radius 2 is 0.774 bits per heavy atom. The van der Waals surface area contributed by atoms with Gasteiger partial charge in [0.1, 0.15) is 0 Å². The topological polar surface area (TPSA) is 158 Å². The minimum atomic E-state index is -1.74. The van der Waals surface area contributed by atoms with Crippen molar-refractivity contribution in [1.29, 1.82) is 0 Å². The van der Waals surface area contributed by atoms with Gasteiger partial charge >= 0.3 is 35.8 Å². The summed E-state index contributed by atoms with van der Waals surface area (Å²) in [6, 6.07) is 0. The standard InChI is InChI=1S/C19H28O12/c1-5-26-14(20)10-30-18(24)12(16(22)28-7-3)9-13(17(23)29-8-4)19(25)31-11-15(21)27-6-2/h12-13H,5-11H2,1-4H3. The van der Waals surface area contributed by atoms with Crippen molar-refractivity contribution in [3.05, 3.63) is 0 Å².